The minimum atomic E-state index is -4.89. The molecule has 2 heterocycles. The van der Waals surface area contributed by atoms with Crippen LogP contribution in [0.15, 0.2) is 78.0 Å². The van der Waals surface area contributed by atoms with Crippen molar-refractivity contribution < 1.29 is 60.0 Å². The predicted molar refractivity (Wildman–Crippen MR) is 246 cm³/mol. The Morgan fingerprint density at radius 3 is 2.00 bits per heavy atom. The van der Waals surface area contributed by atoms with Gasteiger partial charge in [0.2, 0.25) is 5.13 Å². The zero-order valence-corrected chi connectivity index (χ0v) is 40.6. The second kappa shape index (κ2) is 19.0. The smallest absolute Gasteiger partial charge is 0.435 e. The van der Waals surface area contributed by atoms with Crippen LogP contribution in [0.3, 0.4) is 0 Å². The van der Waals surface area contributed by atoms with Crippen LogP contribution in [0, 0.1) is 11.6 Å². The fraction of sp³-hybridized carbons (Fsp3) is 0.333. The molecule has 0 atom stereocenters. The Labute approximate surface area is 394 Å². The quantitative estimate of drug-likeness (QED) is 0.111. The Morgan fingerprint density at radius 2 is 1.42 bits per heavy atom. The van der Waals surface area contributed by atoms with Crippen LogP contribution in [-0.4, -0.2) is 76.9 Å². The number of fused-ring (bicyclic) bond motifs is 1. The van der Waals surface area contributed by atoms with Gasteiger partial charge in [0.1, 0.15) is 51.1 Å². The van der Waals surface area contributed by atoms with Crippen molar-refractivity contribution in [3.05, 3.63) is 95.3 Å². The number of imide groups is 1. The lowest BCUT2D eigenvalue weighted by molar-refractivity contribution is 0.0420. The zero-order chi connectivity index (χ0) is 49.4. The van der Waals surface area contributed by atoms with Crippen molar-refractivity contribution in [2.45, 2.75) is 90.6 Å². The van der Waals surface area contributed by atoms with Crippen LogP contribution >= 0.6 is 23.1 Å². The molecule has 0 spiro atoms. The van der Waals surface area contributed by atoms with Gasteiger partial charge in [0.25, 0.3) is 10.0 Å². The molecule has 0 saturated heterocycles. The lowest BCUT2D eigenvalue weighted by atomic mass is 10.0. The standard InChI is InChI=1S/C45H47ClF2N6O11S2/c1-43(2,3)63-40(55)53(41(56)64-44(4,5)6)38-30-18-25(13-16-33(30)54(51-38)42(57)65-45(7,8)9)29-19-27(46)14-17-34(29)62-36-21-32(48)37(22-31(36)47)67(58,59)52(39-49-24-50-66-39)23-26-12-15-28(60-10)20-35(26)61-11/h12-22,24H,23H2,1-11H3. The molecule has 4 aromatic carbocycles. The maximum Gasteiger partial charge on any atom is 0.435 e. The fourth-order valence-electron chi connectivity index (χ4n) is 6.25. The van der Waals surface area contributed by atoms with Crippen molar-refractivity contribution in [3.8, 4) is 34.1 Å². The average Bonchev–Trinajstić information content (AvgIpc) is 3.88. The highest BCUT2D eigenvalue weighted by atomic mass is 35.5. The number of hydrogen-bond donors (Lipinski definition) is 0. The van der Waals surface area contributed by atoms with E-state index in [4.69, 9.17) is 40.0 Å². The van der Waals surface area contributed by atoms with Gasteiger partial charge in [-0.25, -0.2) is 40.9 Å². The van der Waals surface area contributed by atoms with Crippen LogP contribution in [0.4, 0.5) is 34.1 Å². The highest BCUT2D eigenvalue weighted by molar-refractivity contribution is 7.93. The summed E-state index contributed by atoms with van der Waals surface area (Å²) in [6.07, 6.45) is -2.18. The lowest BCUT2D eigenvalue weighted by Gasteiger charge is -2.27. The van der Waals surface area contributed by atoms with Crippen molar-refractivity contribution in [2.75, 3.05) is 23.4 Å². The maximum absolute atomic E-state index is 16.2. The van der Waals surface area contributed by atoms with Crippen molar-refractivity contribution in [1.82, 2.24) is 19.1 Å². The molecular weight excluding hydrogens is 938 g/mol. The SMILES string of the molecule is COc1ccc(CN(c2ncns2)S(=O)(=O)c2cc(F)c(Oc3ccc(Cl)cc3-c3ccc4c(c3)c(N(C(=O)OC(C)(C)C)C(=O)OC(C)(C)C)nn4C(=O)OC(C)(C)C)cc2F)c(OC)c1. The molecule has 0 radical (unpaired) electrons. The molecule has 2 amide bonds. The van der Waals surface area contributed by atoms with E-state index in [1.54, 1.807) is 74.4 Å². The van der Waals surface area contributed by atoms with Gasteiger partial charge < -0.3 is 28.4 Å². The van der Waals surface area contributed by atoms with Crippen molar-refractivity contribution in [3.63, 3.8) is 0 Å². The molecule has 0 aliphatic rings. The second-order valence-electron chi connectivity index (χ2n) is 17.6. The van der Waals surface area contributed by atoms with Gasteiger partial charge in [-0.3, -0.25) is 0 Å². The van der Waals surface area contributed by atoms with E-state index in [0.717, 1.165) is 15.3 Å². The summed E-state index contributed by atoms with van der Waals surface area (Å²) in [5.41, 5.74) is -2.34. The first-order valence-corrected chi connectivity index (χ1v) is 22.8. The number of carbonyl (C=O) groups is 3. The molecule has 6 aromatic rings. The summed E-state index contributed by atoms with van der Waals surface area (Å²) in [5, 5.41) is 4.45. The van der Waals surface area contributed by atoms with Gasteiger partial charge in [0, 0.05) is 51.3 Å². The number of sulfonamides is 1. The third kappa shape index (κ3) is 11.5. The fourth-order valence-corrected chi connectivity index (χ4v) is 8.61. The predicted octanol–water partition coefficient (Wildman–Crippen LogP) is 11.2. The van der Waals surface area contributed by atoms with Gasteiger partial charge in [0.05, 0.1) is 26.3 Å². The largest absolute Gasteiger partial charge is 0.497 e. The van der Waals surface area contributed by atoms with E-state index in [-0.39, 0.29) is 49.5 Å². The third-order valence-corrected chi connectivity index (χ3v) is 11.8. The summed E-state index contributed by atoms with van der Waals surface area (Å²) in [4.78, 5) is 44.8. The average molecular weight is 985 g/mol. The number of carbonyl (C=O) groups excluding carboxylic acids is 3. The van der Waals surface area contributed by atoms with Gasteiger partial charge >= 0.3 is 18.3 Å². The van der Waals surface area contributed by atoms with Gasteiger partial charge in [-0.15, -0.1) is 5.10 Å². The summed E-state index contributed by atoms with van der Waals surface area (Å²) in [6.45, 7) is 14.1. The monoisotopic (exact) mass is 984 g/mol. The zero-order valence-electron chi connectivity index (χ0n) is 38.3. The minimum absolute atomic E-state index is 0.0324. The van der Waals surface area contributed by atoms with Crippen molar-refractivity contribution in [1.29, 1.82) is 0 Å². The topological polar surface area (TPSA) is 191 Å². The highest BCUT2D eigenvalue weighted by Gasteiger charge is 2.38. The van der Waals surface area contributed by atoms with E-state index in [0.29, 0.717) is 39.9 Å². The van der Waals surface area contributed by atoms with E-state index >= 15 is 8.78 Å². The van der Waals surface area contributed by atoms with Gasteiger partial charge in [-0.1, -0.05) is 17.7 Å². The van der Waals surface area contributed by atoms with Crippen LogP contribution in [0.1, 0.15) is 67.9 Å². The molecule has 0 N–H and O–H groups in total. The Kier molecular flexibility index (Phi) is 14.1. The molecule has 17 nitrogen and oxygen atoms in total. The first-order valence-electron chi connectivity index (χ1n) is 20.2. The molecule has 356 valence electrons. The Bertz CT molecular complexity index is 2940. The number of anilines is 2. The van der Waals surface area contributed by atoms with E-state index in [9.17, 15) is 22.8 Å². The van der Waals surface area contributed by atoms with Gasteiger partial charge in [0.15, 0.2) is 17.4 Å². The molecule has 6 rings (SSSR count). The Hall–Kier alpha value is -6.58. The number of nitrogens with zero attached hydrogens (tertiary/aromatic N) is 6. The summed E-state index contributed by atoms with van der Waals surface area (Å²) in [7, 11) is -2.06. The number of ether oxygens (including phenoxy) is 6. The molecule has 0 bridgehead atoms. The molecule has 0 aliphatic carbocycles. The van der Waals surface area contributed by atoms with E-state index in [2.05, 4.69) is 14.5 Å². The third-order valence-electron chi connectivity index (χ3n) is 8.99. The number of aromatic nitrogens is 4. The van der Waals surface area contributed by atoms with E-state index in [1.807, 2.05) is 0 Å². The summed E-state index contributed by atoms with van der Waals surface area (Å²) in [5.74, 6) is -3.13. The van der Waals surface area contributed by atoms with Crippen LogP contribution in [-0.2, 0) is 30.8 Å². The van der Waals surface area contributed by atoms with Crippen LogP contribution in [0.25, 0.3) is 22.0 Å². The van der Waals surface area contributed by atoms with Crippen LogP contribution < -0.4 is 23.4 Å². The molecule has 0 saturated carbocycles. The maximum atomic E-state index is 16.2. The second-order valence-corrected chi connectivity index (χ2v) is 20.6. The molecule has 2 aromatic heterocycles. The molecule has 0 unspecified atom stereocenters. The Morgan fingerprint density at radius 1 is 0.761 bits per heavy atom. The molecular formula is C45H47ClF2N6O11S2. The summed E-state index contributed by atoms with van der Waals surface area (Å²) < 4.78 is 99.9. The van der Waals surface area contributed by atoms with E-state index < -0.39 is 73.9 Å². The van der Waals surface area contributed by atoms with Gasteiger partial charge in [-0.2, -0.15) is 14.0 Å². The summed E-state index contributed by atoms with van der Waals surface area (Å²) >= 11 is 7.20. The number of rotatable bonds is 11. The minimum Gasteiger partial charge on any atom is -0.497 e. The van der Waals surface area contributed by atoms with Crippen LogP contribution in [0.5, 0.6) is 23.0 Å². The van der Waals surface area contributed by atoms with E-state index in [1.165, 1.54) is 56.7 Å². The highest BCUT2D eigenvalue weighted by Crippen LogP contribution is 2.41. The number of amides is 2. The molecule has 0 fully saturated rings. The van der Waals surface area contributed by atoms with Crippen LogP contribution in [0.2, 0.25) is 5.02 Å². The Balaban J connectivity index is 1.45. The molecule has 67 heavy (non-hydrogen) atoms. The molecule has 0 aliphatic heterocycles. The number of hydrogen-bond acceptors (Lipinski definition) is 15. The number of methoxy groups -OCH3 is 2. The van der Waals surface area contributed by atoms with Crippen molar-refractivity contribution >= 4 is 73.3 Å². The molecule has 22 heteroatoms. The van der Waals surface area contributed by atoms with Crippen molar-refractivity contribution in [2.24, 2.45) is 0 Å². The first-order chi connectivity index (χ1) is 31.2. The number of benzene rings is 4. The normalized spacial score (nSPS) is 12.1. The lowest BCUT2D eigenvalue weighted by Crippen LogP contribution is -2.44. The first kappa shape index (κ1) is 49.8. The summed E-state index contributed by atoms with van der Waals surface area (Å²) in [6, 6.07) is 14.4. The number of halogens is 3. The van der Waals surface area contributed by atoms with Gasteiger partial charge in [-0.05, 0) is 110 Å².